The van der Waals surface area contributed by atoms with E-state index in [0.717, 1.165) is 22.3 Å². The van der Waals surface area contributed by atoms with E-state index in [4.69, 9.17) is 18.9 Å². The quantitative estimate of drug-likeness (QED) is 0.215. The summed E-state index contributed by atoms with van der Waals surface area (Å²) in [4.78, 5) is 0. The average Bonchev–Trinajstić information content (AvgIpc) is 3.01. The zero-order chi connectivity index (χ0) is 27.4. The Morgan fingerprint density at radius 1 is 0.475 bits per heavy atom. The third kappa shape index (κ3) is 8.10. The minimum absolute atomic E-state index is 0.0697. The summed E-state index contributed by atoms with van der Waals surface area (Å²) in [5, 5.41) is 11.4. The van der Waals surface area contributed by atoms with Gasteiger partial charge in [0.1, 0.15) is 12.2 Å². The highest BCUT2D eigenvalue weighted by Crippen LogP contribution is 2.34. The van der Waals surface area contributed by atoms with Crippen molar-refractivity contribution in [3.05, 3.63) is 144 Å². The first kappa shape index (κ1) is 28.2. The highest BCUT2D eigenvalue weighted by Gasteiger charge is 2.46. The van der Waals surface area contributed by atoms with Gasteiger partial charge in [-0.25, -0.2) is 0 Å². The van der Waals surface area contributed by atoms with Crippen LogP contribution in [0.5, 0.6) is 0 Å². The van der Waals surface area contributed by atoms with Crippen LogP contribution in [0.3, 0.4) is 0 Å². The maximum Gasteiger partial charge on any atom is 0.113 e. The molecule has 40 heavy (non-hydrogen) atoms. The number of hydrogen-bond acceptors (Lipinski definition) is 5. The van der Waals surface area contributed by atoms with E-state index >= 15 is 0 Å². The van der Waals surface area contributed by atoms with Crippen molar-refractivity contribution in [2.75, 3.05) is 6.61 Å². The zero-order valence-electron chi connectivity index (χ0n) is 22.8. The van der Waals surface area contributed by atoms with Crippen LogP contribution in [0.2, 0.25) is 0 Å². The molecule has 1 aliphatic rings. The molecule has 0 heterocycles. The number of hydrogen-bond donors (Lipinski definition) is 1. The first-order chi connectivity index (χ1) is 19.8. The van der Waals surface area contributed by atoms with Gasteiger partial charge >= 0.3 is 0 Å². The number of aliphatic hydroxyl groups is 1. The maximum absolute atomic E-state index is 11.4. The van der Waals surface area contributed by atoms with E-state index in [-0.39, 0.29) is 12.0 Å². The summed E-state index contributed by atoms with van der Waals surface area (Å²) < 4.78 is 25.8. The molecule has 0 saturated heterocycles. The topological polar surface area (TPSA) is 57.2 Å². The molecule has 4 unspecified atom stereocenters. The fourth-order valence-corrected chi connectivity index (χ4v) is 5.24. The van der Waals surface area contributed by atoms with Crippen LogP contribution in [0.15, 0.2) is 121 Å². The van der Waals surface area contributed by atoms with Gasteiger partial charge in [0, 0.05) is 5.92 Å². The molecule has 5 atom stereocenters. The van der Waals surface area contributed by atoms with Crippen LogP contribution < -0.4 is 0 Å². The Kier molecular flexibility index (Phi) is 10.5. The van der Waals surface area contributed by atoms with E-state index in [9.17, 15) is 5.11 Å². The van der Waals surface area contributed by atoms with Gasteiger partial charge in [-0.15, -0.1) is 0 Å². The molecule has 1 saturated carbocycles. The first-order valence-corrected chi connectivity index (χ1v) is 14.0. The maximum atomic E-state index is 11.4. The second-order valence-corrected chi connectivity index (χ2v) is 10.3. The Hall–Kier alpha value is -3.32. The van der Waals surface area contributed by atoms with Crippen molar-refractivity contribution in [2.45, 2.75) is 57.3 Å². The van der Waals surface area contributed by atoms with Crippen LogP contribution in [0.1, 0.15) is 28.7 Å². The average molecular weight is 539 g/mol. The lowest BCUT2D eigenvalue weighted by Gasteiger charge is -2.44. The van der Waals surface area contributed by atoms with E-state index in [0.29, 0.717) is 39.5 Å². The molecule has 5 heteroatoms. The monoisotopic (exact) mass is 538 g/mol. The zero-order valence-corrected chi connectivity index (χ0v) is 22.8. The SMILES string of the molecule is O[C@@H]1CC(COCc2ccccc2)C(OCc2ccccc2)C(OCc2ccccc2)C1OCc1ccccc1. The highest BCUT2D eigenvalue weighted by atomic mass is 16.6. The highest BCUT2D eigenvalue weighted by molar-refractivity contribution is 5.16. The van der Waals surface area contributed by atoms with Crippen LogP contribution >= 0.6 is 0 Å². The molecule has 4 aromatic rings. The molecule has 5 rings (SSSR count). The molecule has 208 valence electrons. The lowest BCUT2D eigenvalue weighted by Crippen LogP contribution is -2.57. The van der Waals surface area contributed by atoms with Gasteiger partial charge < -0.3 is 24.1 Å². The molecule has 5 nitrogen and oxygen atoms in total. The molecule has 0 amide bonds. The summed E-state index contributed by atoms with van der Waals surface area (Å²) in [6.45, 7) is 2.16. The summed E-state index contributed by atoms with van der Waals surface area (Å²) >= 11 is 0. The van der Waals surface area contributed by atoms with Crippen molar-refractivity contribution >= 4 is 0 Å². The number of ether oxygens (including phenoxy) is 4. The summed E-state index contributed by atoms with van der Waals surface area (Å²) in [7, 11) is 0. The fourth-order valence-electron chi connectivity index (χ4n) is 5.24. The van der Waals surface area contributed by atoms with Gasteiger partial charge in [-0.05, 0) is 28.7 Å². The molecular formula is C35H38O5. The van der Waals surface area contributed by atoms with Gasteiger partial charge in [-0.2, -0.15) is 0 Å². The Balaban J connectivity index is 1.36. The Morgan fingerprint density at radius 2 is 0.850 bits per heavy atom. The van der Waals surface area contributed by atoms with Crippen LogP contribution in [-0.2, 0) is 45.4 Å². The molecule has 1 fully saturated rings. The van der Waals surface area contributed by atoms with E-state index in [2.05, 4.69) is 24.3 Å². The molecule has 0 bridgehead atoms. The summed E-state index contributed by atoms with van der Waals surface area (Å²) in [5.74, 6) is -0.0697. The second-order valence-electron chi connectivity index (χ2n) is 10.3. The van der Waals surface area contributed by atoms with Crippen LogP contribution in [0, 0.1) is 5.92 Å². The van der Waals surface area contributed by atoms with Gasteiger partial charge in [0.05, 0.1) is 45.2 Å². The van der Waals surface area contributed by atoms with Crippen LogP contribution in [0.25, 0.3) is 0 Å². The van der Waals surface area contributed by atoms with Crippen molar-refractivity contribution in [1.82, 2.24) is 0 Å². The van der Waals surface area contributed by atoms with Gasteiger partial charge in [0.15, 0.2) is 0 Å². The van der Waals surface area contributed by atoms with Gasteiger partial charge in [0.25, 0.3) is 0 Å². The number of rotatable bonds is 13. The van der Waals surface area contributed by atoms with Gasteiger partial charge in [-0.3, -0.25) is 0 Å². The lowest BCUT2D eigenvalue weighted by atomic mass is 9.80. The van der Waals surface area contributed by atoms with Crippen molar-refractivity contribution in [3.8, 4) is 0 Å². The summed E-state index contributed by atoms with van der Waals surface area (Å²) in [5.41, 5.74) is 4.30. The molecule has 4 aromatic carbocycles. The number of aliphatic hydroxyl groups excluding tert-OH is 1. The van der Waals surface area contributed by atoms with Crippen LogP contribution in [-0.4, -0.2) is 36.1 Å². The molecule has 0 spiro atoms. The van der Waals surface area contributed by atoms with Crippen molar-refractivity contribution in [3.63, 3.8) is 0 Å². The molecule has 1 N–H and O–H groups in total. The predicted octanol–water partition coefficient (Wildman–Crippen LogP) is 6.34. The Bertz CT molecular complexity index is 1240. The minimum Gasteiger partial charge on any atom is -0.390 e. The summed E-state index contributed by atoms with van der Waals surface area (Å²) in [6.07, 6.45) is -1.58. The number of benzene rings is 4. The van der Waals surface area contributed by atoms with Crippen LogP contribution in [0.4, 0.5) is 0 Å². The van der Waals surface area contributed by atoms with E-state index in [1.165, 1.54) is 0 Å². The largest absolute Gasteiger partial charge is 0.390 e. The van der Waals surface area contributed by atoms with Crippen molar-refractivity contribution in [1.29, 1.82) is 0 Å². The fraction of sp³-hybridized carbons (Fsp3) is 0.314. The smallest absolute Gasteiger partial charge is 0.113 e. The molecule has 0 radical (unpaired) electrons. The minimum atomic E-state index is -0.716. The third-order valence-electron chi connectivity index (χ3n) is 7.33. The van der Waals surface area contributed by atoms with E-state index < -0.39 is 18.3 Å². The van der Waals surface area contributed by atoms with Crippen molar-refractivity contribution < 1.29 is 24.1 Å². The van der Waals surface area contributed by atoms with E-state index in [1.807, 2.05) is 97.1 Å². The van der Waals surface area contributed by atoms with Gasteiger partial charge in [-0.1, -0.05) is 121 Å². The molecule has 1 aliphatic carbocycles. The molecule has 0 aromatic heterocycles. The molecule has 0 aliphatic heterocycles. The first-order valence-electron chi connectivity index (χ1n) is 14.0. The normalized spacial score (nSPS) is 22.7. The Labute approximate surface area is 237 Å². The van der Waals surface area contributed by atoms with E-state index in [1.54, 1.807) is 0 Å². The Morgan fingerprint density at radius 3 is 1.30 bits per heavy atom. The van der Waals surface area contributed by atoms with Gasteiger partial charge in [0.2, 0.25) is 0 Å². The molecular weight excluding hydrogens is 500 g/mol. The lowest BCUT2D eigenvalue weighted by molar-refractivity contribution is -0.224. The predicted molar refractivity (Wildman–Crippen MR) is 155 cm³/mol. The second kappa shape index (κ2) is 14.9. The third-order valence-corrected chi connectivity index (χ3v) is 7.33. The van der Waals surface area contributed by atoms with Crippen molar-refractivity contribution in [2.24, 2.45) is 5.92 Å². The summed E-state index contributed by atoms with van der Waals surface area (Å²) in [6, 6.07) is 40.4. The standard InChI is InChI=1S/C35H38O5/c36-32-21-31(26-37-22-27-13-5-1-6-14-27)33(38-23-28-15-7-2-8-16-28)35(40-25-30-19-11-4-12-20-30)34(32)39-24-29-17-9-3-10-18-29/h1-20,31-36H,21-26H2/t31?,32-,33?,34?,35?/m1/s1.